The van der Waals surface area contributed by atoms with Crippen molar-refractivity contribution in [3.05, 3.63) is 21.6 Å². The number of amides is 2. The van der Waals surface area contributed by atoms with Crippen LogP contribution in [0.3, 0.4) is 0 Å². The molecule has 2 aliphatic rings. The minimum absolute atomic E-state index is 0.119. The van der Waals surface area contributed by atoms with Crippen LogP contribution in [0.25, 0.3) is 0 Å². The van der Waals surface area contributed by atoms with Crippen molar-refractivity contribution in [3.8, 4) is 0 Å². The summed E-state index contributed by atoms with van der Waals surface area (Å²) in [5.41, 5.74) is 1.92. The molecule has 3 heterocycles. The molecular formula is C15H16N4O2S3. The monoisotopic (exact) mass is 380 g/mol. The van der Waals surface area contributed by atoms with Crippen molar-refractivity contribution in [2.75, 3.05) is 16.8 Å². The van der Waals surface area contributed by atoms with E-state index in [1.165, 1.54) is 23.1 Å². The summed E-state index contributed by atoms with van der Waals surface area (Å²) < 4.78 is 0. The number of anilines is 1. The van der Waals surface area contributed by atoms with Crippen LogP contribution in [0.4, 0.5) is 5.13 Å². The van der Waals surface area contributed by atoms with Crippen molar-refractivity contribution < 1.29 is 9.59 Å². The minimum Gasteiger partial charge on any atom is -0.301 e. The van der Waals surface area contributed by atoms with Gasteiger partial charge in [-0.15, -0.1) is 23.1 Å². The van der Waals surface area contributed by atoms with Crippen molar-refractivity contribution >= 4 is 62.7 Å². The first-order chi connectivity index (χ1) is 11.4. The van der Waals surface area contributed by atoms with E-state index in [9.17, 15) is 9.59 Å². The fraction of sp³-hybridized carbons (Fsp3) is 0.400. The Bertz CT molecular complexity index is 794. The van der Waals surface area contributed by atoms with Gasteiger partial charge in [0.25, 0.3) is 5.91 Å². The molecule has 3 rings (SSSR count). The second kappa shape index (κ2) is 7.20. The zero-order valence-corrected chi connectivity index (χ0v) is 15.9. The number of aliphatic imine (C=N–C) groups is 2. The van der Waals surface area contributed by atoms with Crippen molar-refractivity contribution in [3.63, 3.8) is 0 Å². The molecule has 2 amide bonds. The highest BCUT2D eigenvalue weighted by Gasteiger charge is 2.36. The van der Waals surface area contributed by atoms with Crippen LogP contribution in [0.2, 0.25) is 0 Å². The molecule has 0 saturated heterocycles. The number of amidine groups is 1. The SMILES string of the molecule is CC1=C(C)C2C(=O)N=C(CSCC(=O)Nc3nc(C)cs3)N=C2S1. The van der Waals surface area contributed by atoms with Crippen molar-refractivity contribution in [1.29, 1.82) is 0 Å². The number of aryl methyl sites for hydroxylation is 1. The second-order valence-corrected chi connectivity index (χ2v) is 8.50. The lowest BCUT2D eigenvalue weighted by Crippen LogP contribution is -2.26. The third kappa shape index (κ3) is 3.79. The number of fused-ring (bicyclic) bond motifs is 1. The highest BCUT2D eigenvalue weighted by Crippen LogP contribution is 2.40. The highest BCUT2D eigenvalue weighted by molar-refractivity contribution is 8.17. The first-order valence-corrected chi connectivity index (χ1v) is 10.1. The van der Waals surface area contributed by atoms with Gasteiger partial charge in [-0.25, -0.2) is 9.98 Å². The number of carbonyl (C=O) groups excluding carboxylic acids is 2. The number of hydrogen-bond donors (Lipinski definition) is 1. The molecule has 0 aromatic carbocycles. The summed E-state index contributed by atoms with van der Waals surface area (Å²) in [7, 11) is 0. The van der Waals surface area contributed by atoms with E-state index in [2.05, 4.69) is 20.3 Å². The van der Waals surface area contributed by atoms with Crippen molar-refractivity contribution in [1.82, 2.24) is 4.98 Å². The molecule has 6 nitrogen and oxygen atoms in total. The Balaban J connectivity index is 1.51. The van der Waals surface area contributed by atoms with Gasteiger partial charge in [-0.1, -0.05) is 11.8 Å². The van der Waals surface area contributed by atoms with E-state index in [0.717, 1.165) is 21.2 Å². The lowest BCUT2D eigenvalue weighted by molar-refractivity contribution is -0.118. The summed E-state index contributed by atoms with van der Waals surface area (Å²) in [5, 5.41) is 6.05. The van der Waals surface area contributed by atoms with Crippen LogP contribution in [0.1, 0.15) is 19.5 Å². The number of carbonyl (C=O) groups is 2. The first kappa shape index (κ1) is 17.4. The zero-order valence-electron chi connectivity index (χ0n) is 13.5. The van der Waals surface area contributed by atoms with Crippen molar-refractivity contribution in [2.24, 2.45) is 15.9 Å². The lowest BCUT2D eigenvalue weighted by Gasteiger charge is -2.14. The molecule has 0 bridgehead atoms. The van der Waals surface area contributed by atoms with Crippen LogP contribution in [0.5, 0.6) is 0 Å². The van der Waals surface area contributed by atoms with Crippen LogP contribution >= 0.6 is 34.9 Å². The normalized spacial score (nSPS) is 20.0. The third-order valence-corrected chi connectivity index (χ3v) is 6.52. The third-order valence-electron chi connectivity index (χ3n) is 3.55. The summed E-state index contributed by atoms with van der Waals surface area (Å²) in [6.07, 6.45) is 0. The summed E-state index contributed by atoms with van der Waals surface area (Å²) in [6, 6.07) is 0. The second-order valence-electron chi connectivity index (χ2n) is 5.43. The van der Waals surface area contributed by atoms with Crippen LogP contribution < -0.4 is 5.32 Å². The minimum atomic E-state index is -0.291. The summed E-state index contributed by atoms with van der Waals surface area (Å²) in [5.74, 6) is 0.629. The summed E-state index contributed by atoms with van der Waals surface area (Å²) in [6.45, 7) is 5.82. The molecule has 126 valence electrons. The summed E-state index contributed by atoms with van der Waals surface area (Å²) >= 11 is 4.33. The number of aromatic nitrogens is 1. The van der Waals surface area contributed by atoms with Gasteiger partial charge in [0.2, 0.25) is 5.91 Å². The van der Waals surface area contributed by atoms with Gasteiger partial charge in [0, 0.05) is 5.38 Å². The van der Waals surface area contributed by atoms with Crippen molar-refractivity contribution in [2.45, 2.75) is 20.8 Å². The molecule has 0 saturated carbocycles. The van der Waals surface area contributed by atoms with Crippen LogP contribution in [-0.4, -0.2) is 39.2 Å². The van der Waals surface area contributed by atoms with Gasteiger partial charge in [0.15, 0.2) is 5.13 Å². The van der Waals surface area contributed by atoms with Gasteiger partial charge in [-0.3, -0.25) is 9.59 Å². The quantitative estimate of drug-likeness (QED) is 0.848. The molecule has 0 radical (unpaired) electrons. The predicted molar refractivity (Wildman–Crippen MR) is 102 cm³/mol. The Kier molecular flexibility index (Phi) is 5.21. The molecule has 1 aromatic rings. The van der Waals surface area contributed by atoms with Crippen LogP contribution in [0.15, 0.2) is 25.8 Å². The van der Waals surface area contributed by atoms with E-state index < -0.39 is 0 Å². The fourth-order valence-electron chi connectivity index (χ4n) is 2.27. The predicted octanol–water partition coefficient (Wildman–Crippen LogP) is 3.12. The smallest absolute Gasteiger partial charge is 0.261 e. The molecular weight excluding hydrogens is 364 g/mol. The average molecular weight is 381 g/mol. The lowest BCUT2D eigenvalue weighted by atomic mass is 10.0. The molecule has 1 unspecified atom stereocenters. The van der Waals surface area contributed by atoms with Crippen LogP contribution in [-0.2, 0) is 9.59 Å². The average Bonchev–Trinajstić information content (AvgIpc) is 3.03. The maximum Gasteiger partial charge on any atom is 0.261 e. The zero-order chi connectivity index (χ0) is 17.3. The Labute approximate surface area is 152 Å². The summed E-state index contributed by atoms with van der Waals surface area (Å²) in [4.78, 5) is 37.9. The van der Waals surface area contributed by atoms with E-state index in [0.29, 0.717) is 16.7 Å². The molecule has 24 heavy (non-hydrogen) atoms. The van der Waals surface area contributed by atoms with Gasteiger partial charge >= 0.3 is 0 Å². The molecule has 0 aliphatic carbocycles. The van der Waals surface area contributed by atoms with Gasteiger partial charge in [-0.05, 0) is 31.2 Å². The molecule has 1 N–H and O–H groups in total. The van der Waals surface area contributed by atoms with E-state index in [1.807, 2.05) is 26.2 Å². The molecule has 1 aromatic heterocycles. The van der Waals surface area contributed by atoms with E-state index in [1.54, 1.807) is 11.8 Å². The van der Waals surface area contributed by atoms with E-state index in [4.69, 9.17) is 0 Å². The van der Waals surface area contributed by atoms with Gasteiger partial charge in [0.05, 0.1) is 22.2 Å². The fourth-order valence-corrected chi connectivity index (χ4v) is 4.79. The molecule has 9 heteroatoms. The van der Waals surface area contributed by atoms with E-state index >= 15 is 0 Å². The number of nitrogens with one attached hydrogen (secondary N) is 1. The molecule has 0 fully saturated rings. The van der Waals surface area contributed by atoms with Gasteiger partial charge < -0.3 is 5.32 Å². The number of rotatable bonds is 5. The van der Waals surface area contributed by atoms with Gasteiger partial charge in [0.1, 0.15) is 11.8 Å². The van der Waals surface area contributed by atoms with Gasteiger partial charge in [-0.2, -0.15) is 4.99 Å². The molecule has 1 atom stereocenters. The van der Waals surface area contributed by atoms with E-state index in [-0.39, 0.29) is 23.5 Å². The maximum absolute atomic E-state index is 12.2. The Morgan fingerprint density at radius 3 is 2.83 bits per heavy atom. The number of hydrogen-bond acceptors (Lipinski definition) is 7. The largest absolute Gasteiger partial charge is 0.301 e. The first-order valence-electron chi connectivity index (χ1n) is 7.29. The number of nitrogens with zero attached hydrogens (tertiary/aromatic N) is 3. The Morgan fingerprint density at radius 2 is 2.12 bits per heavy atom. The standard InChI is InChI=1S/C15H16N4O2S3/c1-7-4-23-15(16-7)19-11(20)6-22-5-10-17-13(21)12-8(2)9(3)24-14(12)18-10/h4,12H,5-6H2,1-3H3,(H,16,19,20). The number of thiazole rings is 1. The Morgan fingerprint density at radius 1 is 1.33 bits per heavy atom. The van der Waals surface area contributed by atoms with Crippen LogP contribution in [0, 0.1) is 12.8 Å². The highest BCUT2D eigenvalue weighted by atomic mass is 32.2. The number of thioether (sulfide) groups is 2. The molecule has 2 aliphatic heterocycles. The molecule has 0 spiro atoms. The Hall–Kier alpha value is -1.45. The maximum atomic E-state index is 12.2. The number of allylic oxidation sites excluding steroid dienone is 1. The topological polar surface area (TPSA) is 83.8 Å².